The number of benzene rings is 1. The van der Waals surface area contributed by atoms with Gasteiger partial charge < -0.3 is 15.0 Å². The molecule has 0 bridgehead atoms. The number of likely N-dealkylation sites (N-methyl/N-ethyl adjacent to an activating group) is 1. The van der Waals surface area contributed by atoms with Gasteiger partial charge in [-0.25, -0.2) is 0 Å². The van der Waals surface area contributed by atoms with Crippen LogP contribution in [0.1, 0.15) is 29.5 Å². The summed E-state index contributed by atoms with van der Waals surface area (Å²) in [5, 5.41) is 16.0. The van der Waals surface area contributed by atoms with Crippen molar-refractivity contribution in [1.82, 2.24) is 24.6 Å². The lowest BCUT2D eigenvalue weighted by Gasteiger charge is -2.19. The van der Waals surface area contributed by atoms with Crippen LogP contribution in [-0.2, 0) is 19.6 Å². The van der Waals surface area contributed by atoms with Crippen LogP contribution in [0.15, 0.2) is 41.2 Å². The molecule has 7 nitrogen and oxygen atoms in total. The van der Waals surface area contributed by atoms with Crippen LogP contribution in [-0.4, -0.2) is 56.9 Å². The number of hydrogen-bond acceptors (Lipinski definition) is 5. The molecule has 0 amide bonds. The fourth-order valence-corrected chi connectivity index (χ4v) is 3.84. The second-order valence-electron chi connectivity index (χ2n) is 7.84. The van der Waals surface area contributed by atoms with Gasteiger partial charge in [-0.15, -0.1) is 0 Å². The summed E-state index contributed by atoms with van der Waals surface area (Å²) in [5.74, 6) is 0. The maximum atomic E-state index is 12.5. The molecule has 2 aromatic heterocycles. The Kier molecular flexibility index (Phi) is 5.30. The Balaban J connectivity index is 1.54. The van der Waals surface area contributed by atoms with Crippen LogP contribution in [0, 0.1) is 0 Å². The topological polar surface area (TPSA) is 77.4 Å². The van der Waals surface area contributed by atoms with Crippen molar-refractivity contribution in [2.24, 2.45) is 0 Å². The minimum absolute atomic E-state index is 0.0291. The quantitative estimate of drug-likeness (QED) is 0.704. The lowest BCUT2D eigenvalue weighted by atomic mass is 10.1. The molecule has 4 rings (SSSR count). The highest BCUT2D eigenvalue weighted by Gasteiger charge is 2.21. The molecule has 1 unspecified atom stereocenters. The summed E-state index contributed by atoms with van der Waals surface area (Å²) < 4.78 is 2.00. The maximum Gasteiger partial charge on any atom is 0.252 e. The number of fused-ring (bicyclic) bond motifs is 2. The minimum atomic E-state index is -0.591. The molecular formula is C21H27N5O2. The summed E-state index contributed by atoms with van der Waals surface area (Å²) in [5.41, 5.74) is 3.42. The van der Waals surface area contributed by atoms with E-state index in [0.29, 0.717) is 25.3 Å². The van der Waals surface area contributed by atoms with Crippen molar-refractivity contribution in [2.75, 3.05) is 27.2 Å². The molecule has 1 aliphatic rings. The van der Waals surface area contributed by atoms with Crippen molar-refractivity contribution in [1.29, 1.82) is 0 Å². The zero-order valence-corrected chi connectivity index (χ0v) is 16.4. The van der Waals surface area contributed by atoms with E-state index < -0.39 is 6.10 Å². The Labute approximate surface area is 164 Å². The number of para-hydroxylation sites is 1. The Hall–Kier alpha value is -2.48. The van der Waals surface area contributed by atoms with Crippen LogP contribution in [0.25, 0.3) is 10.9 Å². The maximum absolute atomic E-state index is 12.5. The predicted octanol–water partition coefficient (Wildman–Crippen LogP) is 1.73. The highest BCUT2D eigenvalue weighted by Crippen LogP contribution is 2.20. The van der Waals surface area contributed by atoms with E-state index in [0.717, 1.165) is 41.7 Å². The molecule has 3 aromatic rings. The second-order valence-corrected chi connectivity index (χ2v) is 7.84. The molecular weight excluding hydrogens is 354 g/mol. The van der Waals surface area contributed by atoms with Gasteiger partial charge in [-0.05, 0) is 44.1 Å². The summed E-state index contributed by atoms with van der Waals surface area (Å²) in [6.45, 7) is 3.60. The third-order valence-electron chi connectivity index (χ3n) is 5.22. The number of aromatic nitrogens is 3. The van der Waals surface area contributed by atoms with Gasteiger partial charge >= 0.3 is 0 Å². The normalized spacial score (nSPS) is 16.3. The number of rotatable bonds is 5. The number of aliphatic hydroxyl groups is 1. The van der Waals surface area contributed by atoms with Gasteiger partial charge in [0.2, 0.25) is 0 Å². The average molecular weight is 381 g/mol. The summed E-state index contributed by atoms with van der Waals surface area (Å²) in [6, 6.07) is 11.8. The van der Waals surface area contributed by atoms with Gasteiger partial charge in [0.15, 0.2) is 0 Å². The van der Waals surface area contributed by atoms with E-state index >= 15 is 0 Å². The summed E-state index contributed by atoms with van der Waals surface area (Å²) in [4.78, 5) is 19.7. The summed E-state index contributed by atoms with van der Waals surface area (Å²) in [7, 11) is 3.88. The van der Waals surface area contributed by atoms with E-state index in [4.69, 9.17) is 0 Å². The highest BCUT2D eigenvalue weighted by atomic mass is 16.3. The van der Waals surface area contributed by atoms with Crippen LogP contribution in [0.2, 0.25) is 0 Å². The van der Waals surface area contributed by atoms with E-state index in [1.807, 2.05) is 60.1 Å². The van der Waals surface area contributed by atoms with Gasteiger partial charge in [0.1, 0.15) is 6.10 Å². The first kappa shape index (κ1) is 18.9. The summed E-state index contributed by atoms with van der Waals surface area (Å²) >= 11 is 0. The zero-order chi connectivity index (χ0) is 19.7. The first-order valence-corrected chi connectivity index (χ1v) is 9.72. The van der Waals surface area contributed by atoms with Crippen molar-refractivity contribution < 1.29 is 5.11 Å². The van der Waals surface area contributed by atoms with Crippen LogP contribution in [0.3, 0.4) is 0 Å². The third-order valence-corrected chi connectivity index (χ3v) is 5.22. The molecule has 1 aromatic carbocycles. The van der Waals surface area contributed by atoms with Crippen molar-refractivity contribution in [2.45, 2.75) is 32.2 Å². The number of pyridine rings is 1. The third kappa shape index (κ3) is 4.01. The first-order chi connectivity index (χ1) is 13.5. The molecule has 3 heterocycles. The Morgan fingerprint density at radius 1 is 1.25 bits per heavy atom. The van der Waals surface area contributed by atoms with Gasteiger partial charge in [-0.3, -0.25) is 14.4 Å². The van der Waals surface area contributed by atoms with Gasteiger partial charge in [0.05, 0.1) is 11.4 Å². The highest BCUT2D eigenvalue weighted by molar-refractivity contribution is 5.78. The molecule has 0 saturated carbocycles. The largest absolute Gasteiger partial charge is 0.385 e. The molecule has 0 radical (unpaired) electrons. The second kappa shape index (κ2) is 7.87. The van der Waals surface area contributed by atoms with Crippen LogP contribution in [0.5, 0.6) is 0 Å². The molecule has 148 valence electrons. The van der Waals surface area contributed by atoms with E-state index in [1.54, 1.807) is 0 Å². The average Bonchev–Trinajstić information content (AvgIpc) is 2.95. The number of aliphatic hydroxyl groups excluding tert-OH is 1. The van der Waals surface area contributed by atoms with Crippen LogP contribution < -0.4 is 5.56 Å². The number of nitrogens with zero attached hydrogens (tertiary/aromatic N) is 4. The van der Waals surface area contributed by atoms with E-state index in [9.17, 15) is 9.90 Å². The van der Waals surface area contributed by atoms with Crippen molar-refractivity contribution >= 4 is 10.9 Å². The summed E-state index contributed by atoms with van der Waals surface area (Å²) in [6.07, 6.45) is 0.370. The fraction of sp³-hybridized carbons (Fsp3) is 0.429. The number of aryl methyl sites for hydroxylation is 1. The molecule has 0 aliphatic carbocycles. The van der Waals surface area contributed by atoms with Gasteiger partial charge in [-0.2, -0.15) is 5.10 Å². The molecule has 1 atom stereocenters. The molecule has 0 fully saturated rings. The molecule has 7 heteroatoms. The Bertz CT molecular complexity index is 1020. The van der Waals surface area contributed by atoms with E-state index in [-0.39, 0.29) is 5.56 Å². The molecule has 1 aliphatic heterocycles. The van der Waals surface area contributed by atoms with Gasteiger partial charge in [-0.1, -0.05) is 18.2 Å². The number of nitrogens with one attached hydrogen (secondary N) is 1. The zero-order valence-electron chi connectivity index (χ0n) is 16.4. The SMILES string of the molecule is CN(C)CC(O)c1cc2n(n1)CCCN(Cc1cc3ccccc3[nH]c1=O)C2. The number of H-pyrrole nitrogens is 1. The lowest BCUT2D eigenvalue weighted by Crippen LogP contribution is -2.26. The Morgan fingerprint density at radius 2 is 2.07 bits per heavy atom. The van der Waals surface area contributed by atoms with Crippen molar-refractivity contribution in [3.05, 3.63) is 63.7 Å². The lowest BCUT2D eigenvalue weighted by molar-refractivity contribution is 0.133. The smallest absolute Gasteiger partial charge is 0.252 e. The van der Waals surface area contributed by atoms with Crippen molar-refractivity contribution in [3.8, 4) is 0 Å². The molecule has 2 N–H and O–H groups in total. The predicted molar refractivity (Wildman–Crippen MR) is 109 cm³/mol. The molecule has 0 spiro atoms. The van der Waals surface area contributed by atoms with Gasteiger partial charge in [0, 0.05) is 43.8 Å². The van der Waals surface area contributed by atoms with E-state index in [1.165, 1.54) is 0 Å². The number of hydrogen-bond donors (Lipinski definition) is 2. The van der Waals surface area contributed by atoms with Gasteiger partial charge in [0.25, 0.3) is 5.56 Å². The van der Waals surface area contributed by atoms with E-state index in [2.05, 4.69) is 15.0 Å². The monoisotopic (exact) mass is 381 g/mol. The molecule has 28 heavy (non-hydrogen) atoms. The van der Waals surface area contributed by atoms with Crippen LogP contribution >= 0.6 is 0 Å². The first-order valence-electron chi connectivity index (χ1n) is 9.72. The number of aromatic amines is 1. The van der Waals surface area contributed by atoms with Crippen LogP contribution in [0.4, 0.5) is 0 Å². The standard InChI is InChI=1S/C21H27N5O2/c1-24(2)14-20(27)19-11-17-13-25(8-5-9-26(17)23-19)12-16-10-15-6-3-4-7-18(15)22-21(16)28/h3-4,6-7,10-11,20,27H,5,8-9,12-14H2,1-2H3,(H,22,28). The Morgan fingerprint density at radius 3 is 2.89 bits per heavy atom. The fourth-order valence-electron chi connectivity index (χ4n) is 3.84. The minimum Gasteiger partial charge on any atom is -0.385 e. The van der Waals surface area contributed by atoms with Crippen molar-refractivity contribution in [3.63, 3.8) is 0 Å². The molecule has 0 saturated heterocycles.